The third-order valence-electron chi connectivity index (χ3n) is 5.82. The summed E-state index contributed by atoms with van der Waals surface area (Å²) in [4.78, 5) is 13.3. The van der Waals surface area contributed by atoms with Crippen LogP contribution in [-0.4, -0.2) is 47.5 Å². The van der Waals surface area contributed by atoms with Crippen molar-refractivity contribution in [3.63, 3.8) is 0 Å². The summed E-state index contributed by atoms with van der Waals surface area (Å²) in [5.74, 6) is 3.56. The van der Waals surface area contributed by atoms with Crippen molar-refractivity contribution < 1.29 is 4.79 Å². The third kappa shape index (κ3) is 5.05. The third-order valence-corrected chi connectivity index (χ3v) is 7.01. The Hall–Kier alpha value is -1.82. The van der Waals surface area contributed by atoms with Gasteiger partial charge in [-0.3, -0.25) is 0 Å². The molecular formula is C25H22Cl2N3OTl. The van der Waals surface area contributed by atoms with Gasteiger partial charge in [-0.1, -0.05) is 41.4 Å². The van der Waals surface area contributed by atoms with Gasteiger partial charge >= 0.3 is 157 Å². The number of carbonyl (C=O) groups excluding carboxylic acids is 1. The van der Waals surface area contributed by atoms with Crippen LogP contribution < -0.4 is 5.32 Å². The van der Waals surface area contributed by atoms with Crippen LogP contribution in [0.4, 0.5) is 0 Å². The number of amides is 1. The quantitative estimate of drug-likeness (QED) is 0.295. The normalized spacial score (nSPS) is 17.9. The van der Waals surface area contributed by atoms with Crippen molar-refractivity contribution in [2.45, 2.75) is 38.6 Å². The molecular weight excluding hydrogens is 634 g/mol. The van der Waals surface area contributed by atoms with Crippen molar-refractivity contribution in [1.29, 1.82) is 0 Å². The molecule has 160 valence electrons. The molecule has 1 saturated carbocycles. The van der Waals surface area contributed by atoms with E-state index in [1.54, 1.807) is 16.8 Å². The first kappa shape index (κ1) is 23.3. The van der Waals surface area contributed by atoms with Gasteiger partial charge < -0.3 is 0 Å². The number of benzene rings is 2. The van der Waals surface area contributed by atoms with Crippen LogP contribution in [0.25, 0.3) is 16.9 Å². The predicted molar refractivity (Wildman–Crippen MR) is 130 cm³/mol. The topological polar surface area (TPSA) is 46.9 Å². The van der Waals surface area contributed by atoms with Crippen molar-refractivity contribution >= 4 is 54.9 Å². The van der Waals surface area contributed by atoms with Crippen molar-refractivity contribution in [3.05, 3.63) is 69.8 Å². The molecule has 3 aromatic rings. The van der Waals surface area contributed by atoms with E-state index in [-0.39, 0.29) is 11.9 Å². The van der Waals surface area contributed by atoms with Gasteiger partial charge in [-0.25, -0.2) is 0 Å². The molecule has 2 atom stereocenters. The molecule has 1 N–H and O–H groups in total. The summed E-state index contributed by atoms with van der Waals surface area (Å²) < 4.78 is 4.92. The fraction of sp³-hybridized carbons (Fsp3) is 0.280. The van der Waals surface area contributed by atoms with Crippen LogP contribution in [0.1, 0.15) is 41.7 Å². The van der Waals surface area contributed by atoms with Gasteiger partial charge in [0.1, 0.15) is 0 Å². The first-order chi connectivity index (χ1) is 15.5. The van der Waals surface area contributed by atoms with Gasteiger partial charge in [0.2, 0.25) is 0 Å². The minimum absolute atomic E-state index is 0.121. The van der Waals surface area contributed by atoms with Crippen LogP contribution in [0, 0.1) is 22.2 Å². The summed E-state index contributed by atoms with van der Waals surface area (Å²) in [5, 5.41) is 8.95. The number of hydrogen-bond donors (Lipinski definition) is 1. The Labute approximate surface area is 214 Å². The van der Waals surface area contributed by atoms with E-state index < -0.39 is 0 Å². The van der Waals surface area contributed by atoms with Crippen LogP contribution in [0.3, 0.4) is 0 Å². The van der Waals surface area contributed by atoms with Gasteiger partial charge in [-0.05, 0) is 12.1 Å². The first-order valence-electron chi connectivity index (χ1n) is 10.6. The molecule has 0 radical (unpaired) electrons. The second-order valence-corrected chi connectivity index (χ2v) is 9.98. The number of halogens is 2. The Bertz CT molecular complexity index is 1200. The number of hydrogen-bond acceptors (Lipinski definition) is 2. The Morgan fingerprint density at radius 2 is 1.97 bits per heavy atom. The first-order valence-corrected chi connectivity index (χ1v) is 13.6. The molecule has 0 spiro atoms. The summed E-state index contributed by atoms with van der Waals surface area (Å²) in [7, 11) is 0. The number of rotatable bonds is 4. The molecule has 2 unspecified atom stereocenters. The molecule has 32 heavy (non-hydrogen) atoms. The van der Waals surface area contributed by atoms with Crippen molar-refractivity contribution in [2.24, 2.45) is 5.92 Å². The van der Waals surface area contributed by atoms with Gasteiger partial charge in [0.05, 0.1) is 0 Å². The molecule has 1 heterocycles. The maximum atomic E-state index is 13.3. The zero-order valence-corrected chi connectivity index (χ0v) is 23.7. The SMILES string of the molecule is Cc1c(C(=O)NC2CCCC(C#[C][Tl])C2)nn(-c2ccc(Cl)cc2Cl)c1-c1ccccc1. The molecule has 0 aliphatic heterocycles. The molecule has 0 saturated heterocycles. The summed E-state index contributed by atoms with van der Waals surface area (Å²) in [5.41, 5.74) is 3.70. The van der Waals surface area contributed by atoms with Crippen molar-refractivity contribution in [3.8, 4) is 26.3 Å². The van der Waals surface area contributed by atoms with E-state index in [9.17, 15) is 4.79 Å². The number of aromatic nitrogens is 2. The summed E-state index contributed by atoms with van der Waals surface area (Å²) in [6.45, 7) is 1.93. The molecule has 4 rings (SSSR count). The van der Waals surface area contributed by atoms with E-state index in [2.05, 4.69) is 14.7 Å². The van der Waals surface area contributed by atoms with E-state index >= 15 is 0 Å². The van der Waals surface area contributed by atoms with Crippen LogP contribution in [0.5, 0.6) is 0 Å². The molecule has 1 fully saturated rings. The number of carbonyl (C=O) groups is 1. The fourth-order valence-electron chi connectivity index (χ4n) is 4.30. The fourth-order valence-corrected chi connectivity index (χ4v) is 5.70. The van der Waals surface area contributed by atoms with E-state index in [0.29, 0.717) is 53.1 Å². The molecule has 1 aromatic heterocycles. The number of nitrogens with one attached hydrogen (secondary N) is 1. The standard InChI is InChI=1S/C25H22Cl2N3O.Tl/c1-3-17-8-7-11-20(14-17)28-25(31)23-16(2)24(18-9-5-4-6-10-18)30(29-23)22-13-12-19(26)15-21(22)27;/h4-6,9-10,12-13,15,17,20H,7-8,11,14H2,2H3,(H,28,31);. The number of nitrogens with zero attached hydrogens (tertiary/aromatic N) is 2. The monoisotopic (exact) mass is 655 g/mol. The van der Waals surface area contributed by atoms with Gasteiger partial charge in [-0.15, -0.1) is 0 Å². The summed E-state index contributed by atoms with van der Waals surface area (Å²) in [6.07, 6.45) is 4.08. The van der Waals surface area contributed by atoms with E-state index in [0.717, 1.165) is 42.5 Å². The minimum atomic E-state index is -0.158. The Morgan fingerprint density at radius 3 is 2.69 bits per heavy atom. The maximum absolute atomic E-state index is 13.3. The smallest absolute Gasteiger partial charge is 0.0622 e. The second-order valence-electron chi connectivity index (χ2n) is 8.02. The Balaban J connectivity index is 1.72. The molecule has 1 aliphatic rings. The molecule has 1 aliphatic carbocycles. The zero-order chi connectivity index (χ0) is 22.7. The van der Waals surface area contributed by atoms with Gasteiger partial charge in [0.15, 0.2) is 0 Å². The Morgan fingerprint density at radius 1 is 1.19 bits per heavy atom. The van der Waals surface area contributed by atoms with Crippen LogP contribution in [0.2, 0.25) is 10.0 Å². The molecule has 0 bridgehead atoms. The van der Waals surface area contributed by atoms with Crippen molar-refractivity contribution in [1.82, 2.24) is 15.1 Å². The van der Waals surface area contributed by atoms with E-state index in [1.165, 1.54) is 0 Å². The Kier molecular flexibility index (Phi) is 7.60. The zero-order valence-electron chi connectivity index (χ0n) is 17.7. The average molecular weight is 656 g/mol. The van der Waals surface area contributed by atoms with Crippen LogP contribution in [0.15, 0.2) is 48.5 Å². The predicted octanol–water partition coefficient (Wildman–Crippen LogP) is 5.57. The van der Waals surface area contributed by atoms with E-state index in [4.69, 9.17) is 28.3 Å². The van der Waals surface area contributed by atoms with Gasteiger partial charge in [0.25, 0.3) is 0 Å². The summed E-state index contributed by atoms with van der Waals surface area (Å²) in [6, 6.07) is 15.3. The molecule has 4 nitrogen and oxygen atoms in total. The summed E-state index contributed by atoms with van der Waals surface area (Å²) >= 11 is 13.3. The van der Waals surface area contributed by atoms with Crippen LogP contribution >= 0.6 is 23.2 Å². The average Bonchev–Trinajstić information content (AvgIpc) is 3.12. The van der Waals surface area contributed by atoms with Crippen LogP contribution in [-0.2, 0) is 0 Å². The molecule has 1 amide bonds. The van der Waals surface area contributed by atoms with Gasteiger partial charge in [-0.2, -0.15) is 0 Å². The molecule has 7 heteroatoms. The van der Waals surface area contributed by atoms with E-state index in [1.807, 2.05) is 43.3 Å². The minimum Gasteiger partial charge on any atom is -0.0622 e. The molecule has 2 aromatic carbocycles. The second kappa shape index (κ2) is 10.4. The van der Waals surface area contributed by atoms with Gasteiger partial charge in [0, 0.05) is 5.02 Å². The van der Waals surface area contributed by atoms with Crippen molar-refractivity contribution in [2.75, 3.05) is 0 Å².